The topological polar surface area (TPSA) is 69.6 Å². The number of nitrogens with one attached hydrogen (secondary N) is 1. The molecule has 1 aliphatic rings. The van der Waals surface area contributed by atoms with E-state index in [2.05, 4.69) is 5.43 Å². The van der Waals surface area contributed by atoms with Gasteiger partial charge in [-0.05, 0) is 29.8 Å². The smallest absolute Gasteiger partial charge is 0.263 e. The van der Waals surface area contributed by atoms with Crippen molar-refractivity contribution in [1.82, 2.24) is 5.43 Å². The average Bonchev–Trinajstić information content (AvgIpc) is 2.50. The number of anilines is 1. The van der Waals surface area contributed by atoms with Crippen molar-refractivity contribution in [1.29, 1.82) is 0 Å². The Labute approximate surface area is 131 Å². The molecular weight excluding hydrogens is 300 g/mol. The van der Waals surface area contributed by atoms with Gasteiger partial charge in [-0.2, -0.15) is 0 Å². The Morgan fingerprint density at radius 2 is 1.86 bits per heavy atom. The van der Waals surface area contributed by atoms with Crippen LogP contribution in [0.1, 0.15) is 17.7 Å². The molecule has 0 aliphatic carbocycles. The van der Waals surface area contributed by atoms with E-state index >= 15 is 0 Å². The molecular formula is C16H14N2O3S. The van der Waals surface area contributed by atoms with Gasteiger partial charge in [-0.3, -0.25) is 15.0 Å². The fourth-order valence-corrected chi connectivity index (χ4v) is 3.48. The van der Waals surface area contributed by atoms with E-state index < -0.39 is 5.25 Å². The first kappa shape index (κ1) is 14.5. The molecule has 1 aliphatic heterocycles. The number of rotatable bonds is 2. The number of para-hydroxylation sites is 1. The van der Waals surface area contributed by atoms with Crippen molar-refractivity contribution in [3.8, 4) is 5.75 Å². The Hall–Kier alpha value is -2.47. The molecule has 1 atom stereocenters. The highest BCUT2D eigenvalue weighted by Crippen LogP contribution is 2.45. The zero-order valence-electron chi connectivity index (χ0n) is 11.8. The second-order valence-electron chi connectivity index (χ2n) is 4.90. The lowest BCUT2D eigenvalue weighted by molar-refractivity contribution is -0.124. The summed E-state index contributed by atoms with van der Waals surface area (Å²) in [4.78, 5) is 25.1. The summed E-state index contributed by atoms with van der Waals surface area (Å²) in [6.45, 7) is 1.37. The maximum absolute atomic E-state index is 12.7. The lowest BCUT2D eigenvalue weighted by atomic mass is 10.1. The van der Waals surface area contributed by atoms with Crippen LogP contribution in [0, 0.1) is 0 Å². The Morgan fingerprint density at radius 3 is 2.55 bits per heavy atom. The average molecular weight is 314 g/mol. The van der Waals surface area contributed by atoms with Crippen LogP contribution in [0.15, 0.2) is 53.4 Å². The number of aromatic hydroxyl groups is 1. The number of thioether (sulfide) groups is 1. The summed E-state index contributed by atoms with van der Waals surface area (Å²) in [6, 6.07) is 13.9. The standard InChI is InChI=1S/C16H14N2O3S/c1-10(19)17-18-13-4-2-3-5-14(13)22-15(16(18)21)11-6-8-12(20)9-7-11/h2-9,15,20H,1H3,(H,17,19). The van der Waals surface area contributed by atoms with Crippen LogP contribution < -0.4 is 10.4 Å². The van der Waals surface area contributed by atoms with Gasteiger partial charge in [0.05, 0.1) is 5.69 Å². The van der Waals surface area contributed by atoms with E-state index in [0.717, 1.165) is 10.5 Å². The molecule has 0 bridgehead atoms. The van der Waals surface area contributed by atoms with Crippen molar-refractivity contribution >= 4 is 29.3 Å². The predicted molar refractivity (Wildman–Crippen MR) is 84.4 cm³/mol. The number of hydrogen-bond acceptors (Lipinski definition) is 4. The molecule has 5 nitrogen and oxygen atoms in total. The molecule has 0 radical (unpaired) electrons. The molecule has 112 valence electrons. The molecule has 0 spiro atoms. The third-order valence-electron chi connectivity index (χ3n) is 3.26. The number of nitrogens with zero attached hydrogens (tertiary/aromatic N) is 1. The fourth-order valence-electron chi connectivity index (χ4n) is 2.29. The number of benzene rings is 2. The summed E-state index contributed by atoms with van der Waals surface area (Å²) in [5, 5.41) is 10.2. The number of carbonyl (C=O) groups excluding carboxylic acids is 2. The maximum atomic E-state index is 12.7. The Balaban J connectivity index is 2.02. The zero-order valence-corrected chi connectivity index (χ0v) is 12.6. The highest BCUT2D eigenvalue weighted by molar-refractivity contribution is 8.00. The maximum Gasteiger partial charge on any atom is 0.263 e. The second kappa shape index (κ2) is 5.73. The molecule has 22 heavy (non-hydrogen) atoms. The lowest BCUT2D eigenvalue weighted by Crippen LogP contribution is -2.49. The molecule has 0 saturated heterocycles. The summed E-state index contributed by atoms with van der Waals surface area (Å²) < 4.78 is 0. The molecule has 1 unspecified atom stereocenters. The number of fused-ring (bicyclic) bond motifs is 1. The molecule has 6 heteroatoms. The highest BCUT2D eigenvalue weighted by Gasteiger charge is 2.35. The third kappa shape index (κ3) is 2.65. The Bertz CT molecular complexity index is 730. The Morgan fingerprint density at radius 1 is 1.18 bits per heavy atom. The Kier molecular flexibility index (Phi) is 3.77. The summed E-state index contributed by atoms with van der Waals surface area (Å²) in [7, 11) is 0. The van der Waals surface area contributed by atoms with Crippen LogP contribution in [0.5, 0.6) is 5.75 Å². The first-order valence-electron chi connectivity index (χ1n) is 6.72. The van der Waals surface area contributed by atoms with Crippen LogP contribution in [0.4, 0.5) is 5.69 Å². The van der Waals surface area contributed by atoms with E-state index in [9.17, 15) is 14.7 Å². The van der Waals surface area contributed by atoms with E-state index in [0.29, 0.717) is 5.69 Å². The number of carbonyl (C=O) groups is 2. The number of hydrogen-bond donors (Lipinski definition) is 2. The van der Waals surface area contributed by atoms with Gasteiger partial charge in [0, 0.05) is 11.8 Å². The predicted octanol–water partition coefficient (Wildman–Crippen LogP) is 2.62. The fraction of sp³-hybridized carbons (Fsp3) is 0.125. The van der Waals surface area contributed by atoms with E-state index in [1.165, 1.54) is 23.7 Å². The third-order valence-corrected chi connectivity index (χ3v) is 4.57. The van der Waals surface area contributed by atoms with Crippen molar-refractivity contribution in [3.63, 3.8) is 0 Å². The van der Waals surface area contributed by atoms with Gasteiger partial charge < -0.3 is 5.11 Å². The second-order valence-corrected chi connectivity index (χ2v) is 6.05. The molecule has 0 fully saturated rings. The van der Waals surface area contributed by atoms with Gasteiger partial charge in [0.25, 0.3) is 5.91 Å². The van der Waals surface area contributed by atoms with Crippen LogP contribution in [0.3, 0.4) is 0 Å². The molecule has 1 heterocycles. The SMILES string of the molecule is CC(=O)NN1C(=O)C(c2ccc(O)cc2)Sc2ccccc21. The highest BCUT2D eigenvalue weighted by atomic mass is 32.2. The molecule has 2 N–H and O–H groups in total. The number of hydrazine groups is 1. The molecule has 3 rings (SSSR count). The summed E-state index contributed by atoms with van der Waals surface area (Å²) in [6.07, 6.45) is 0. The van der Waals surface area contributed by atoms with Crippen LogP contribution in [-0.2, 0) is 9.59 Å². The molecule has 2 amide bonds. The molecule has 0 saturated carbocycles. The minimum atomic E-state index is -0.470. The van der Waals surface area contributed by atoms with Gasteiger partial charge in [0.1, 0.15) is 11.0 Å². The minimum absolute atomic E-state index is 0.149. The zero-order chi connectivity index (χ0) is 15.7. The molecule has 2 aromatic rings. The van der Waals surface area contributed by atoms with Crippen molar-refractivity contribution in [2.45, 2.75) is 17.1 Å². The van der Waals surface area contributed by atoms with E-state index in [-0.39, 0.29) is 17.6 Å². The van der Waals surface area contributed by atoms with Gasteiger partial charge in [-0.25, -0.2) is 5.01 Å². The van der Waals surface area contributed by atoms with Gasteiger partial charge in [-0.1, -0.05) is 24.3 Å². The molecule has 2 aromatic carbocycles. The molecule has 0 aromatic heterocycles. The van der Waals surface area contributed by atoms with Gasteiger partial charge in [0.2, 0.25) is 5.91 Å². The van der Waals surface area contributed by atoms with Crippen LogP contribution in [-0.4, -0.2) is 16.9 Å². The van der Waals surface area contributed by atoms with Gasteiger partial charge >= 0.3 is 0 Å². The largest absolute Gasteiger partial charge is 0.508 e. The van der Waals surface area contributed by atoms with E-state index in [1.807, 2.05) is 18.2 Å². The number of amides is 2. The van der Waals surface area contributed by atoms with Crippen molar-refractivity contribution in [2.24, 2.45) is 0 Å². The van der Waals surface area contributed by atoms with Crippen molar-refractivity contribution in [3.05, 3.63) is 54.1 Å². The van der Waals surface area contributed by atoms with Crippen molar-refractivity contribution in [2.75, 3.05) is 5.01 Å². The number of phenols is 1. The quantitative estimate of drug-likeness (QED) is 0.894. The van der Waals surface area contributed by atoms with Crippen LogP contribution >= 0.6 is 11.8 Å². The van der Waals surface area contributed by atoms with Crippen LogP contribution in [0.2, 0.25) is 0 Å². The summed E-state index contributed by atoms with van der Waals surface area (Å²) in [5.41, 5.74) is 4.03. The minimum Gasteiger partial charge on any atom is -0.508 e. The van der Waals surface area contributed by atoms with Gasteiger partial charge in [0.15, 0.2) is 0 Å². The lowest BCUT2D eigenvalue weighted by Gasteiger charge is -2.33. The summed E-state index contributed by atoms with van der Waals surface area (Å²) >= 11 is 1.43. The first-order chi connectivity index (χ1) is 10.6. The normalized spacial score (nSPS) is 17.0. The van der Waals surface area contributed by atoms with Crippen molar-refractivity contribution < 1.29 is 14.7 Å². The van der Waals surface area contributed by atoms with E-state index in [4.69, 9.17) is 0 Å². The van der Waals surface area contributed by atoms with E-state index in [1.54, 1.807) is 30.3 Å². The van der Waals surface area contributed by atoms with Gasteiger partial charge in [-0.15, -0.1) is 11.8 Å². The first-order valence-corrected chi connectivity index (χ1v) is 7.60. The van der Waals surface area contributed by atoms with Crippen LogP contribution in [0.25, 0.3) is 0 Å². The monoisotopic (exact) mass is 314 g/mol. The number of phenolic OH excluding ortho intramolecular Hbond substituents is 1. The summed E-state index contributed by atoms with van der Waals surface area (Å²) in [5.74, 6) is -0.375.